The first-order valence-electron chi connectivity index (χ1n) is 5.61. The summed E-state index contributed by atoms with van der Waals surface area (Å²) < 4.78 is 0. The Balaban J connectivity index is 2.79. The molecule has 0 fully saturated rings. The van der Waals surface area contributed by atoms with E-state index >= 15 is 0 Å². The van der Waals surface area contributed by atoms with Crippen molar-refractivity contribution in [2.45, 2.75) is 31.8 Å². The van der Waals surface area contributed by atoms with Gasteiger partial charge in [-0.3, -0.25) is 4.79 Å². The third kappa shape index (κ3) is 2.64. The Labute approximate surface area is 97.2 Å². The van der Waals surface area contributed by atoms with Crippen molar-refractivity contribution >= 4 is 5.91 Å². The summed E-state index contributed by atoms with van der Waals surface area (Å²) in [5, 5.41) is 9.09. The minimum absolute atomic E-state index is 0.0210. The Hall–Kier alpha value is -1.29. The van der Waals surface area contributed by atoms with E-state index in [-0.39, 0.29) is 11.9 Å². The lowest BCUT2D eigenvalue weighted by Gasteiger charge is -2.31. The molecule has 0 spiro atoms. The van der Waals surface area contributed by atoms with Gasteiger partial charge in [-0.15, -0.1) is 0 Å². The molecule has 0 bridgehead atoms. The van der Waals surface area contributed by atoms with E-state index < -0.39 is 5.54 Å². The number of hydrogen-bond acceptors (Lipinski definition) is 3. The number of likely N-dealkylation sites (N-methyl/N-ethyl adjacent to an activating group) is 2. The first kappa shape index (κ1) is 12.8. The lowest BCUT2D eigenvalue weighted by molar-refractivity contribution is -0.126. The van der Waals surface area contributed by atoms with Gasteiger partial charge in [0.15, 0.2) is 0 Å². The van der Waals surface area contributed by atoms with Crippen molar-refractivity contribution in [3.63, 3.8) is 0 Å². The third-order valence-electron chi connectivity index (χ3n) is 2.75. The number of carbonyl (C=O) groups is 1. The Morgan fingerprint density at radius 1 is 1.44 bits per heavy atom. The molecule has 1 amide bonds. The molecule has 3 N–H and O–H groups in total. The fourth-order valence-electron chi connectivity index (χ4n) is 1.68. The molecule has 0 aromatic rings. The van der Waals surface area contributed by atoms with Crippen LogP contribution in [0.5, 0.6) is 0 Å². The summed E-state index contributed by atoms with van der Waals surface area (Å²) >= 11 is 0. The Bertz CT molecular complexity index is 320. The minimum atomic E-state index is -0.607. The Morgan fingerprint density at radius 3 is 2.50 bits per heavy atom. The van der Waals surface area contributed by atoms with Gasteiger partial charge in [0.05, 0.1) is 0 Å². The van der Waals surface area contributed by atoms with Crippen molar-refractivity contribution in [2.75, 3.05) is 14.1 Å². The lowest BCUT2D eigenvalue weighted by Crippen LogP contribution is -2.56. The van der Waals surface area contributed by atoms with Crippen LogP contribution in [-0.2, 0) is 4.79 Å². The van der Waals surface area contributed by atoms with Crippen LogP contribution in [0.2, 0.25) is 0 Å². The van der Waals surface area contributed by atoms with E-state index in [2.05, 4.69) is 16.0 Å². The molecule has 90 valence electrons. The predicted molar refractivity (Wildman–Crippen MR) is 66.0 cm³/mol. The average Bonchev–Trinajstić information content (AvgIpc) is 2.28. The van der Waals surface area contributed by atoms with Crippen molar-refractivity contribution < 1.29 is 4.79 Å². The molecule has 0 heterocycles. The molecular formula is C12H21N3O. The van der Waals surface area contributed by atoms with Crippen molar-refractivity contribution in [3.05, 3.63) is 23.9 Å². The summed E-state index contributed by atoms with van der Waals surface area (Å²) in [5.74, 6) is 0.0210. The third-order valence-corrected chi connectivity index (χ3v) is 2.75. The van der Waals surface area contributed by atoms with Crippen molar-refractivity contribution in [1.82, 2.24) is 16.0 Å². The highest BCUT2D eigenvalue weighted by Crippen LogP contribution is 2.20. The van der Waals surface area contributed by atoms with E-state index in [9.17, 15) is 4.79 Å². The zero-order valence-corrected chi connectivity index (χ0v) is 10.4. The van der Waals surface area contributed by atoms with Crippen LogP contribution < -0.4 is 16.0 Å². The molecule has 0 aliphatic heterocycles. The monoisotopic (exact) mass is 223 g/mol. The molecule has 16 heavy (non-hydrogen) atoms. The fourth-order valence-corrected chi connectivity index (χ4v) is 1.68. The maximum Gasteiger partial charge on any atom is 0.244 e. The molecule has 4 nitrogen and oxygen atoms in total. The maximum atomic E-state index is 12.1. The maximum absolute atomic E-state index is 12.1. The van der Waals surface area contributed by atoms with Crippen molar-refractivity contribution in [1.29, 1.82) is 0 Å². The highest BCUT2D eigenvalue weighted by molar-refractivity contribution is 5.89. The number of nitrogens with one attached hydrogen (secondary N) is 3. The topological polar surface area (TPSA) is 53.2 Å². The van der Waals surface area contributed by atoms with Crippen LogP contribution in [0.3, 0.4) is 0 Å². The lowest BCUT2D eigenvalue weighted by atomic mass is 9.89. The molecule has 0 aromatic carbocycles. The number of amides is 1. The van der Waals surface area contributed by atoms with E-state index in [1.807, 2.05) is 46.2 Å². The highest BCUT2D eigenvalue weighted by atomic mass is 16.2. The fraction of sp³-hybridized carbons (Fsp3) is 0.583. The van der Waals surface area contributed by atoms with Crippen molar-refractivity contribution in [3.8, 4) is 0 Å². The summed E-state index contributed by atoms with van der Waals surface area (Å²) in [4.78, 5) is 12.1. The van der Waals surface area contributed by atoms with E-state index in [0.29, 0.717) is 6.42 Å². The molecule has 1 rings (SSSR count). The van der Waals surface area contributed by atoms with E-state index in [1.165, 1.54) is 0 Å². The van der Waals surface area contributed by atoms with Crippen LogP contribution in [0.25, 0.3) is 0 Å². The van der Waals surface area contributed by atoms with Crippen LogP contribution in [0.15, 0.2) is 23.9 Å². The second kappa shape index (κ2) is 5.16. The van der Waals surface area contributed by atoms with Gasteiger partial charge in [0, 0.05) is 18.8 Å². The van der Waals surface area contributed by atoms with Gasteiger partial charge in [-0.25, -0.2) is 0 Å². The molecule has 0 saturated heterocycles. The second-order valence-corrected chi connectivity index (χ2v) is 4.30. The Kier molecular flexibility index (Phi) is 4.12. The summed E-state index contributed by atoms with van der Waals surface area (Å²) in [5.41, 5.74) is 0.438. The van der Waals surface area contributed by atoms with Gasteiger partial charge in [0.25, 0.3) is 0 Å². The van der Waals surface area contributed by atoms with Crippen LogP contribution in [0, 0.1) is 0 Å². The molecule has 4 heteroatoms. The number of hydrogen-bond donors (Lipinski definition) is 3. The summed E-state index contributed by atoms with van der Waals surface area (Å²) in [7, 11) is 3.68. The molecule has 1 atom stereocenters. The molecule has 1 aliphatic carbocycles. The van der Waals surface area contributed by atoms with Crippen LogP contribution in [0.1, 0.15) is 20.3 Å². The van der Waals surface area contributed by atoms with Gasteiger partial charge in [0.2, 0.25) is 5.91 Å². The molecule has 1 aliphatic rings. The number of allylic oxidation sites excluding steroid dienone is 1. The number of rotatable bonds is 4. The zero-order valence-electron chi connectivity index (χ0n) is 10.4. The quantitative estimate of drug-likeness (QED) is 0.652. The average molecular weight is 223 g/mol. The van der Waals surface area contributed by atoms with Gasteiger partial charge in [-0.05, 0) is 33.4 Å². The molecular weight excluding hydrogens is 202 g/mol. The van der Waals surface area contributed by atoms with Gasteiger partial charge in [0.1, 0.15) is 5.54 Å². The van der Waals surface area contributed by atoms with Crippen molar-refractivity contribution in [2.24, 2.45) is 0 Å². The van der Waals surface area contributed by atoms with E-state index in [4.69, 9.17) is 0 Å². The largest absolute Gasteiger partial charge is 0.388 e. The molecule has 0 aromatic heterocycles. The van der Waals surface area contributed by atoms with Gasteiger partial charge in [-0.2, -0.15) is 0 Å². The zero-order chi connectivity index (χ0) is 12.2. The van der Waals surface area contributed by atoms with E-state index in [0.717, 1.165) is 5.70 Å². The Morgan fingerprint density at radius 2 is 2.12 bits per heavy atom. The van der Waals surface area contributed by atoms with Gasteiger partial charge in [-0.1, -0.05) is 12.2 Å². The summed E-state index contributed by atoms with van der Waals surface area (Å²) in [6, 6.07) is 0.154. The summed E-state index contributed by atoms with van der Waals surface area (Å²) in [6.45, 7) is 3.92. The van der Waals surface area contributed by atoms with Crippen LogP contribution in [-0.4, -0.2) is 31.6 Å². The summed E-state index contributed by atoms with van der Waals surface area (Å²) in [6.07, 6.45) is 6.53. The highest BCUT2D eigenvalue weighted by Gasteiger charge is 2.34. The SMILES string of the molecule is CNC1=CCC(NC)(C(=O)NC(C)C)C=C1. The normalized spacial score (nSPS) is 24.2. The molecule has 0 radical (unpaired) electrons. The molecule has 1 unspecified atom stereocenters. The predicted octanol–water partition coefficient (Wildman–Crippen LogP) is 0.532. The smallest absolute Gasteiger partial charge is 0.244 e. The van der Waals surface area contributed by atoms with Gasteiger partial charge < -0.3 is 16.0 Å². The second-order valence-electron chi connectivity index (χ2n) is 4.30. The minimum Gasteiger partial charge on any atom is -0.388 e. The first-order valence-corrected chi connectivity index (χ1v) is 5.61. The van der Waals surface area contributed by atoms with Gasteiger partial charge >= 0.3 is 0 Å². The van der Waals surface area contributed by atoms with Crippen LogP contribution in [0.4, 0.5) is 0 Å². The first-order chi connectivity index (χ1) is 7.54. The number of carbonyl (C=O) groups excluding carboxylic acids is 1. The molecule has 0 saturated carbocycles. The van der Waals surface area contributed by atoms with Crippen LogP contribution >= 0.6 is 0 Å². The van der Waals surface area contributed by atoms with E-state index in [1.54, 1.807) is 0 Å². The standard InChI is InChI=1S/C12H21N3O/c1-9(2)15-11(16)12(14-4)7-5-10(13-3)6-8-12/h5-7,9,13-14H,8H2,1-4H3,(H,15,16).